The largest absolute Gasteiger partial charge is 0.400 e. The lowest BCUT2D eigenvalue weighted by atomic mass is 9.97. The first kappa shape index (κ1) is 23.2. The number of hydrogen-bond acceptors (Lipinski definition) is 3. The lowest BCUT2D eigenvalue weighted by Crippen LogP contribution is -2.14. The topological polar surface area (TPSA) is 66.5 Å². The van der Waals surface area contributed by atoms with Crippen LogP contribution < -0.4 is 5.73 Å². The van der Waals surface area contributed by atoms with E-state index in [2.05, 4.69) is 27.7 Å². The van der Waals surface area contributed by atoms with Gasteiger partial charge in [0.15, 0.2) is 0 Å². The Morgan fingerprint density at radius 3 is 1.82 bits per heavy atom. The first-order chi connectivity index (χ1) is 10.5. The second-order valence-corrected chi connectivity index (χ2v) is 6.02. The minimum atomic E-state index is -0.0862. The van der Waals surface area contributed by atoms with Gasteiger partial charge in [-0.25, -0.2) is 0 Å². The number of benzene rings is 1. The number of nitrogen functional groups attached to an aromatic ring is 1. The molecule has 1 rings (SSSR count). The van der Waals surface area contributed by atoms with Gasteiger partial charge < -0.3 is 15.9 Å². The van der Waals surface area contributed by atoms with E-state index in [0.717, 1.165) is 25.1 Å². The van der Waals surface area contributed by atoms with E-state index in [4.69, 9.17) is 10.8 Å². The quantitative estimate of drug-likeness (QED) is 0.513. The van der Waals surface area contributed by atoms with Crippen molar-refractivity contribution in [2.45, 2.75) is 65.9 Å². The van der Waals surface area contributed by atoms with Crippen molar-refractivity contribution >= 4 is 5.69 Å². The van der Waals surface area contributed by atoms with E-state index in [9.17, 15) is 5.11 Å². The van der Waals surface area contributed by atoms with Crippen LogP contribution in [0.25, 0.3) is 0 Å². The van der Waals surface area contributed by atoms with Crippen molar-refractivity contribution in [2.24, 2.45) is 11.8 Å². The second kappa shape index (κ2) is 16.3. The number of para-hydroxylation sites is 1. The summed E-state index contributed by atoms with van der Waals surface area (Å²) in [6, 6.07) is 9.49. The van der Waals surface area contributed by atoms with Crippen LogP contribution in [0.15, 0.2) is 30.3 Å². The van der Waals surface area contributed by atoms with Gasteiger partial charge in [0.25, 0.3) is 0 Å². The third-order valence-electron chi connectivity index (χ3n) is 3.71. The molecule has 0 radical (unpaired) electrons. The molecule has 1 unspecified atom stereocenters. The molecule has 0 amide bonds. The van der Waals surface area contributed by atoms with Crippen LogP contribution in [0.2, 0.25) is 0 Å². The van der Waals surface area contributed by atoms with E-state index >= 15 is 0 Å². The molecular weight excluding hydrogens is 274 g/mol. The predicted octanol–water partition coefficient (Wildman–Crippen LogP) is 4.49. The number of hydrogen-bond donors (Lipinski definition) is 3. The first-order valence-electron chi connectivity index (χ1n) is 8.40. The normalized spacial score (nSPS) is 12.5. The monoisotopic (exact) mass is 311 g/mol. The summed E-state index contributed by atoms with van der Waals surface area (Å²) in [5, 5.41) is 16.5. The van der Waals surface area contributed by atoms with Crippen molar-refractivity contribution in [1.29, 1.82) is 0 Å². The summed E-state index contributed by atoms with van der Waals surface area (Å²) in [4.78, 5) is 0. The third kappa shape index (κ3) is 15.3. The van der Waals surface area contributed by atoms with E-state index in [1.165, 1.54) is 25.7 Å². The average Bonchev–Trinajstić information content (AvgIpc) is 2.54. The Balaban J connectivity index is 0. The van der Waals surface area contributed by atoms with Gasteiger partial charge in [0, 0.05) is 12.8 Å². The highest BCUT2D eigenvalue weighted by molar-refractivity contribution is 5.35. The van der Waals surface area contributed by atoms with E-state index < -0.39 is 0 Å². The molecule has 0 aliphatic heterocycles. The summed E-state index contributed by atoms with van der Waals surface area (Å²) in [5.74, 6) is 1.28. The number of aliphatic hydroxyl groups excluding tert-OH is 2. The van der Waals surface area contributed by atoms with Crippen LogP contribution in [0.4, 0.5) is 5.69 Å². The molecule has 0 aliphatic carbocycles. The fourth-order valence-electron chi connectivity index (χ4n) is 1.84. The van der Waals surface area contributed by atoms with Crippen molar-refractivity contribution in [2.75, 3.05) is 12.8 Å². The van der Waals surface area contributed by atoms with Gasteiger partial charge in [-0.2, -0.15) is 0 Å². The zero-order valence-electron chi connectivity index (χ0n) is 15.1. The standard InChI is InChI=1S/C12H26O.C6H7N.CH4O/c1-5-11(4)8-6-7-9-12(13)10(2)3;7-6-4-2-1-3-5-6;1-2/h10-13H,5-9H2,1-4H3;1-5H,7H2;2H,1H3/t11?,12-;;/m0../s1. The van der Waals surface area contributed by atoms with Gasteiger partial charge in [0.05, 0.1) is 6.10 Å². The van der Waals surface area contributed by atoms with Crippen molar-refractivity contribution < 1.29 is 10.2 Å². The molecule has 0 heterocycles. The molecule has 0 bridgehead atoms. The highest BCUT2D eigenvalue weighted by Gasteiger charge is 2.08. The summed E-state index contributed by atoms with van der Waals surface area (Å²) in [7, 11) is 1.00. The Labute approximate surface area is 137 Å². The summed E-state index contributed by atoms with van der Waals surface area (Å²) in [6.45, 7) is 8.71. The number of unbranched alkanes of at least 4 members (excludes halogenated alkanes) is 1. The van der Waals surface area contributed by atoms with Gasteiger partial charge >= 0.3 is 0 Å². The summed E-state index contributed by atoms with van der Waals surface area (Å²) in [5.41, 5.74) is 6.18. The van der Waals surface area contributed by atoms with Crippen LogP contribution in [-0.4, -0.2) is 23.4 Å². The molecule has 3 nitrogen and oxygen atoms in total. The van der Waals surface area contributed by atoms with Gasteiger partial charge in [0.1, 0.15) is 0 Å². The molecule has 0 aliphatic rings. The Bertz CT molecular complexity index is 314. The molecule has 4 N–H and O–H groups in total. The molecule has 130 valence electrons. The minimum Gasteiger partial charge on any atom is -0.400 e. The fourth-order valence-corrected chi connectivity index (χ4v) is 1.84. The molecule has 3 heteroatoms. The molecule has 1 aromatic carbocycles. The Morgan fingerprint density at radius 1 is 0.955 bits per heavy atom. The van der Waals surface area contributed by atoms with E-state index in [-0.39, 0.29) is 6.10 Å². The predicted molar refractivity (Wildman–Crippen MR) is 97.8 cm³/mol. The van der Waals surface area contributed by atoms with Crippen molar-refractivity contribution in [3.05, 3.63) is 30.3 Å². The maximum Gasteiger partial charge on any atom is 0.0563 e. The summed E-state index contributed by atoms with van der Waals surface area (Å²) in [6.07, 6.45) is 5.96. The molecule has 0 aromatic heterocycles. The third-order valence-corrected chi connectivity index (χ3v) is 3.71. The summed E-state index contributed by atoms with van der Waals surface area (Å²) < 4.78 is 0. The van der Waals surface area contributed by atoms with Gasteiger partial charge in [0.2, 0.25) is 0 Å². The van der Waals surface area contributed by atoms with E-state index in [1.807, 2.05) is 30.3 Å². The van der Waals surface area contributed by atoms with E-state index in [1.54, 1.807) is 0 Å². The van der Waals surface area contributed by atoms with Crippen LogP contribution in [0.1, 0.15) is 59.8 Å². The van der Waals surface area contributed by atoms with E-state index in [0.29, 0.717) is 5.92 Å². The number of rotatable bonds is 7. The highest BCUT2D eigenvalue weighted by Crippen LogP contribution is 2.15. The van der Waals surface area contributed by atoms with Gasteiger partial charge in [-0.1, -0.05) is 71.6 Å². The molecule has 0 saturated heterocycles. The second-order valence-electron chi connectivity index (χ2n) is 6.02. The van der Waals surface area contributed by atoms with Crippen LogP contribution >= 0.6 is 0 Å². The highest BCUT2D eigenvalue weighted by atomic mass is 16.3. The minimum absolute atomic E-state index is 0.0862. The zero-order valence-corrected chi connectivity index (χ0v) is 15.1. The molecule has 22 heavy (non-hydrogen) atoms. The molecular formula is C19H37NO2. The SMILES string of the molecule is CCC(C)CCCC[C@H](O)C(C)C.CO.Nc1ccccc1. The van der Waals surface area contributed by atoms with Crippen LogP contribution in [0.5, 0.6) is 0 Å². The fraction of sp³-hybridized carbons (Fsp3) is 0.684. The van der Waals surface area contributed by atoms with Gasteiger partial charge in [-0.3, -0.25) is 0 Å². The number of nitrogens with two attached hydrogens (primary N) is 1. The molecule has 1 aromatic rings. The average molecular weight is 312 g/mol. The zero-order chi connectivity index (χ0) is 17.4. The molecule has 0 fully saturated rings. The van der Waals surface area contributed by atoms with Crippen LogP contribution in [0, 0.1) is 11.8 Å². The maximum atomic E-state index is 9.55. The van der Waals surface area contributed by atoms with Crippen molar-refractivity contribution in [3.63, 3.8) is 0 Å². The van der Waals surface area contributed by atoms with Crippen LogP contribution in [-0.2, 0) is 0 Å². The number of aliphatic hydroxyl groups is 2. The smallest absolute Gasteiger partial charge is 0.0563 e. The summed E-state index contributed by atoms with van der Waals surface area (Å²) >= 11 is 0. The Hall–Kier alpha value is -1.06. The van der Waals surface area contributed by atoms with Gasteiger partial charge in [-0.15, -0.1) is 0 Å². The lowest BCUT2D eigenvalue weighted by molar-refractivity contribution is 0.112. The molecule has 0 spiro atoms. The van der Waals surface area contributed by atoms with Gasteiger partial charge in [-0.05, 0) is 30.4 Å². The molecule has 2 atom stereocenters. The first-order valence-corrected chi connectivity index (χ1v) is 8.40. The van der Waals surface area contributed by atoms with Crippen molar-refractivity contribution in [1.82, 2.24) is 0 Å². The molecule has 0 saturated carbocycles. The maximum absolute atomic E-state index is 9.55. The number of anilines is 1. The Morgan fingerprint density at radius 2 is 1.45 bits per heavy atom. The van der Waals surface area contributed by atoms with Crippen molar-refractivity contribution in [3.8, 4) is 0 Å². The Kier molecular flexibility index (Phi) is 17.2. The lowest BCUT2D eigenvalue weighted by Gasteiger charge is -2.14. The van der Waals surface area contributed by atoms with Crippen LogP contribution in [0.3, 0.4) is 0 Å².